The van der Waals surface area contributed by atoms with E-state index >= 15 is 0 Å². The topological polar surface area (TPSA) is 182 Å². The number of carbonyl (C=O) groups excluding carboxylic acids is 2. The summed E-state index contributed by atoms with van der Waals surface area (Å²) in [5.74, 6) is -2.48. The third-order valence-electron chi connectivity index (χ3n) is 5.08. The van der Waals surface area contributed by atoms with Crippen molar-refractivity contribution < 1.29 is 34.1 Å². The Labute approximate surface area is 205 Å². The number of nitriles is 1. The van der Waals surface area contributed by atoms with Crippen LogP contribution in [-0.2, 0) is 9.53 Å². The number of amides is 2. The van der Waals surface area contributed by atoms with Gasteiger partial charge in [0.1, 0.15) is 17.2 Å². The molecule has 0 radical (unpaired) electrons. The fourth-order valence-electron chi connectivity index (χ4n) is 3.35. The number of anilines is 2. The highest BCUT2D eigenvalue weighted by molar-refractivity contribution is 6.48. The molecule has 182 valence electrons. The van der Waals surface area contributed by atoms with Crippen molar-refractivity contribution in [2.24, 2.45) is 0 Å². The van der Waals surface area contributed by atoms with E-state index in [4.69, 9.17) is 15.4 Å². The van der Waals surface area contributed by atoms with Crippen LogP contribution in [-0.4, -0.2) is 48.1 Å². The number of aromatic hydroxyl groups is 1. The summed E-state index contributed by atoms with van der Waals surface area (Å²) >= 11 is 0. The van der Waals surface area contributed by atoms with Gasteiger partial charge in [0.05, 0.1) is 42.8 Å². The first-order valence-corrected chi connectivity index (χ1v) is 10.2. The van der Waals surface area contributed by atoms with Crippen molar-refractivity contribution in [2.75, 3.05) is 24.9 Å². The third kappa shape index (κ3) is 5.23. The van der Waals surface area contributed by atoms with Gasteiger partial charge in [0.15, 0.2) is 0 Å². The fraction of sp³-hybridized carbons (Fsp3) is 0.0800. The number of benzene rings is 3. The van der Waals surface area contributed by atoms with E-state index in [9.17, 15) is 24.6 Å². The van der Waals surface area contributed by atoms with Crippen LogP contribution in [0.4, 0.5) is 16.2 Å². The molecule has 0 saturated carbocycles. The SMILES string of the molecule is COC(=O)Nc1cc(O)c(C(=N)C(=O)Nc2ccc(C#N)cc2C(=O)O)cc1-c1ccccc1OC. The highest BCUT2D eigenvalue weighted by Gasteiger charge is 2.23. The number of carboxylic acids is 1. The van der Waals surface area contributed by atoms with E-state index in [2.05, 4.69) is 15.4 Å². The van der Waals surface area contributed by atoms with Gasteiger partial charge >= 0.3 is 12.1 Å². The molecule has 0 spiro atoms. The van der Waals surface area contributed by atoms with E-state index in [0.29, 0.717) is 16.9 Å². The number of rotatable bonds is 7. The highest BCUT2D eigenvalue weighted by atomic mass is 16.5. The van der Waals surface area contributed by atoms with E-state index in [1.807, 2.05) is 6.07 Å². The molecule has 11 nitrogen and oxygen atoms in total. The Balaban J connectivity index is 2.06. The van der Waals surface area contributed by atoms with Gasteiger partial charge in [-0.1, -0.05) is 18.2 Å². The number of nitrogens with one attached hydrogen (secondary N) is 3. The number of carboxylic acid groups (broad SMARTS) is 1. The van der Waals surface area contributed by atoms with Crippen LogP contribution in [0.15, 0.2) is 54.6 Å². The molecule has 0 fully saturated rings. The van der Waals surface area contributed by atoms with Crippen LogP contribution in [0, 0.1) is 16.7 Å². The van der Waals surface area contributed by atoms with E-state index in [1.165, 1.54) is 32.4 Å². The van der Waals surface area contributed by atoms with Crippen LogP contribution in [0.3, 0.4) is 0 Å². The van der Waals surface area contributed by atoms with Crippen LogP contribution in [0.2, 0.25) is 0 Å². The summed E-state index contributed by atoms with van der Waals surface area (Å²) in [4.78, 5) is 36.3. The first kappa shape index (κ1) is 25.3. The Bertz CT molecular complexity index is 1430. The second-order valence-electron chi connectivity index (χ2n) is 7.24. The van der Waals surface area contributed by atoms with E-state index in [1.54, 1.807) is 24.3 Å². The molecule has 0 unspecified atom stereocenters. The summed E-state index contributed by atoms with van der Waals surface area (Å²) in [5, 5.41) is 42.2. The highest BCUT2D eigenvalue weighted by Crippen LogP contribution is 2.39. The quantitative estimate of drug-likeness (QED) is 0.311. The van der Waals surface area contributed by atoms with E-state index in [-0.39, 0.29) is 28.1 Å². The molecule has 0 bridgehead atoms. The fourth-order valence-corrected chi connectivity index (χ4v) is 3.35. The van der Waals surface area contributed by atoms with Crippen LogP contribution in [0.25, 0.3) is 11.1 Å². The molecule has 3 rings (SSSR count). The van der Waals surface area contributed by atoms with Gasteiger partial charge in [-0.25, -0.2) is 9.59 Å². The van der Waals surface area contributed by atoms with Crippen molar-refractivity contribution >= 4 is 35.1 Å². The van der Waals surface area contributed by atoms with Crippen molar-refractivity contribution in [3.05, 3.63) is 71.3 Å². The molecule has 2 amide bonds. The smallest absolute Gasteiger partial charge is 0.411 e. The number of hydrogen-bond acceptors (Lipinski definition) is 8. The van der Waals surface area contributed by atoms with Gasteiger partial charge in [-0.3, -0.25) is 15.5 Å². The molecular formula is C25H20N4O7. The molecular weight excluding hydrogens is 468 g/mol. The lowest BCUT2D eigenvalue weighted by Gasteiger charge is -2.17. The van der Waals surface area contributed by atoms with E-state index in [0.717, 1.165) is 12.1 Å². The van der Waals surface area contributed by atoms with Crippen molar-refractivity contribution in [1.82, 2.24) is 0 Å². The number of nitrogens with zero attached hydrogens (tertiary/aromatic N) is 1. The first-order chi connectivity index (χ1) is 17.2. The lowest BCUT2D eigenvalue weighted by atomic mass is 9.96. The summed E-state index contributed by atoms with van der Waals surface area (Å²) < 4.78 is 10.0. The lowest BCUT2D eigenvalue weighted by Crippen LogP contribution is -2.24. The maximum atomic E-state index is 12.9. The maximum absolute atomic E-state index is 12.9. The van der Waals surface area contributed by atoms with Crippen LogP contribution >= 0.6 is 0 Å². The number of para-hydroxylation sites is 1. The van der Waals surface area contributed by atoms with Gasteiger partial charge in [-0.2, -0.15) is 5.26 Å². The Morgan fingerprint density at radius 3 is 2.31 bits per heavy atom. The minimum atomic E-state index is -1.38. The molecule has 0 aliphatic rings. The van der Waals surface area contributed by atoms with E-state index < -0.39 is 29.4 Å². The summed E-state index contributed by atoms with van der Waals surface area (Å²) in [7, 11) is 2.61. The maximum Gasteiger partial charge on any atom is 0.411 e. The normalized spacial score (nSPS) is 10.0. The van der Waals surface area contributed by atoms with Gasteiger partial charge in [-0.05, 0) is 30.3 Å². The minimum absolute atomic E-state index is 0.0771. The summed E-state index contributed by atoms with van der Waals surface area (Å²) in [6.45, 7) is 0. The monoisotopic (exact) mass is 488 g/mol. The number of ether oxygens (including phenoxy) is 2. The molecule has 0 atom stereocenters. The average molecular weight is 488 g/mol. The third-order valence-corrected chi connectivity index (χ3v) is 5.08. The molecule has 5 N–H and O–H groups in total. The van der Waals surface area contributed by atoms with Gasteiger partial charge in [0.25, 0.3) is 5.91 Å². The summed E-state index contributed by atoms with van der Waals surface area (Å²) in [6.07, 6.45) is -0.812. The Morgan fingerprint density at radius 1 is 0.944 bits per heavy atom. The number of aromatic carboxylic acids is 1. The van der Waals surface area contributed by atoms with Gasteiger partial charge in [0.2, 0.25) is 0 Å². The number of phenols is 1. The summed E-state index contributed by atoms with van der Waals surface area (Å²) in [6, 6.07) is 14.7. The van der Waals surface area contributed by atoms with Crippen molar-refractivity contribution in [3.8, 4) is 28.7 Å². The van der Waals surface area contributed by atoms with Gasteiger partial charge in [0, 0.05) is 22.8 Å². The van der Waals surface area contributed by atoms with Crippen LogP contribution < -0.4 is 15.4 Å². The number of carbonyl (C=O) groups is 3. The second-order valence-corrected chi connectivity index (χ2v) is 7.24. The molecule has 3 aromatic carbocycles. The first-order valence-electron chi connectivity index (χ1n) is 10.2. The molecule has 0 saturated heterocycles. The molecule has 0 heterocycles. The Kier molecular flexibility index (Phi) is 7.51. The number of methoxy groups -OCH3 is 2. The van der Waals surface area contributed by atoms with Crippen molar-refractivity contribution in [1.29, 1.82) is 10.7 Å². The predicted molar refractivity (Wildman–Crippen MR) is 130 cm³/mol. The molecule has 3 aromatic rings. The summed E-state index contributed by atoms with van der Waals surface area (Å²) in [5.41, 5.74) is -0.358. The zero-order chi connectivity index (χ0) is 26.4. The number of hydrogen-bond donors (Lipinski definition) is 5. The Morgan fingerprint density at radius 2 is 1.67 bits per heavy atom. The number of phenolic OH excluding ortho intramolecular Hbond substituents is 1. The molecule has 0 aliphatic heterocycles. The largest absolute Gasteiger partial charge is 0.507 e. The molecule has 11 heteroatoms. The standard InChI is InChI=1S/C25H20N4O7/c1-35-21-6-4-3-5-14(21)15-10-17(20(30)11-19(15)29-25(34)36-2)22(27)23(31)28-18-8-7-13(12-26)9-16(18)24(32)33/h3-11,27,30H,1-2H3,(H,28,31)(H,29,34)(H,32,33). The molecule has 0 aliphatic carbocycles. The van der Waals surface area contributed by atoms with Crippen molar-refractivity contribution in [2.45, 2.75) is 0 Å². The second kappa shape index (κ2) is 10.7. The zero-order valence-electron chi connectivity index (χ0n) is 19.1. The van der Waals surface area contributed by atoms with Gasteiger partial charge < -0.3 is 25.0 Å². The zero-order valence-corrected chi connectivity index (χ0v) is 19.1. The van der Waals surface area contributed by atoms with Gasteiger partial charge in [-0.15, -0.1) is 0 Å². The van der Waals surface area contributed by atoms with Crippen LogP contribution in [0.5, 0.6) is 11.5 Å². The molecule has 0 aromatic heterocycles. The van der Waals surface area contributed by atoms with Crippen molar-refractivity contribution in [3.63, 3.8) is 0 Å². The van der Waals surface area contributed by atoms with Crippen LogP contribution in [0.1, 0.15) is 21.5 Å². The Hall–Kier alpha value is -5.37. The molecule has 36 heavy (non-hydrogen) atoms. The lowest BCUT2D eigenvalue weighted by molar-refractivity contribution is -0.110. The average Bonchev–Trinajstić information content (AvgIpc) is 2.88. The predicted octanol–water partition coefficient (Wildman–Crippen LogP) is 3.82. The minimum Gasteiger partial charge on any atom is -0.507 e.